The highest BCUT2D eigenvalue weighted by atomic mass is 35.5. The number of hydrogen-bond donors (Lipinski definition) is 1. The number of nitrogens with zero attached hydrogens (tertiary/aromatic N) is 3. The van der Waals surface area contributed by atoms with Crippen LogP contribution in [0.2, 0.25) is 5.02 Å². The summed E-state index contributed by atoms with van der Waals surface area (Å²) in [4.78, 5) is 14.7. The third-order valence-electron chi connectivity index (χ3n) is 4.71. The molecular formula is C17H20Cl2N4O. The quantitative estimate of drug-likeness (QED) is 0.888. The van der Waals surface area contributed by atoms with Crippen molar-refractivity contribution in [2.24, 2.45) is 0 Å². The molecule has 1 aromatic carbocycles. The molecule has 1 aromatic heterocycles. The number of likely N-dealkylation sites (tertiary alicyclic amines) is 1. The van der Waals surface area contributed by atoms with E-state index in [0.29, 0.717) is 22.7 Å². The molecule has 0 aliphatic carbocycles. The number of carbonyl (C=O) groups is 1. The molecular weight excluding hydrogens is 347 g/mol. The Morgan fingerprint density at radius 3 is 2.92 bits per heavy atom. The summed E-state index contributed by atoms with van der Waals surface area (Å²) in [5, 5.41) is 8.56. The number of nitrogens with one attached hydrogen (secondary N) is 1. The molecule has 2 aromatic rings. The molecule has 24 heavy (non-hydrogen) atoms. The van der Waals surface area contributed by atoms with Gasteiger partial charge in [-0.2, -0.15) is 5.10 Å². The number of carbonyl (C=O) groups excluding carboxylic acids is 1. The topological polar surface area (TPSA) is 50.2 Å². The van der Waals surface area contributed by atoms with E-state index in [0.717, 1.165) is 31.6 Å². The Bertz CT molecular complexity index is 733. The van der Waals surface area contributed by atoms with Gasteiger partial charge < -0.3 is 10.2 Å². The molecule has 7 heteroatoms. The fraction of sp³-hybridized carbons (Fsp3) is 0.412. The minimum atomic E-state index is 0. The fourth-order valence-electron chi connectivity index (χ4n) is 3.50. The number of rotatable bonds is 2. The Balaban J connectivity index is 0.00000169. The van der Waals surface area contributed by atoms with Gasteiger partial charge in [-0.1, -0.05) is 17.7 Å². The van der Waals surface area contributed by atoms with Gasteiger partial charge in [0.2, 0.25) is 0 Å². The van der Waals surface area contributed by atoms with Gasteiger partial charge in [-0.15, -0.1) is 12.4 Å². The second kappa shape index (κ2) is 7.13. The molecule has 2 aliphatic heterocycles. The smallest absolute Gasteiger partial charge is 0.257 e. The van der Waals surface area contributed by atoms with E-state index < -0.39 is 0 Å². The lowest BCUT2D eigenvalue weighted by atomic mass is 10.1. The Kier molecular flexibility index (Phi) is 5.13. The van der Waals surface area contributed by atoms with Gasteiger partial charge in [0.1, 0.15) is 0 Å². The van der Waals surface area contributed by atoms with E-state index in [1.54, 1.807) is 17.1 Å². The largest absolute Gasteiger partial charge is 0.337 e. The van der Waals surface area contributed by atoms with E-state index in [1.165, 1.54) is 6.42 Å². The van der Waals surface area contributed by atoms with Gasteiger partial charge in [0, 0.05) is 36.4 Å². The van der Waals surface area contributed by atoms with Gasteiger partial charge in [-0.25, -0.2) is 4.68 Å². The maximum absolute atomic E-state index is 12.8. The maximum Gasteiger partial charge on any atom is 0.257 e. The summed E-state index contributed by atoms with van der Waals surface area (Å²) >= 11 is 6.02. The lowest BCUT2D eigenvalue weighted by Crippen LogP contribution is -2.38. The zero-order valence-corrected chi connectivity index (χ0v) is 14.8. The van der Waals surface area contributed by atoms with Crippen molar-refractivity contribution in [3.63, 3.8) is 0 Å². The standard InChI is InChI=1S/C17H19ClN4O.ClH/c18-13-2-1-3-16(8-13)22-10-12(9-19-22)17(23)21-7-6-14-4-5-15(11-21)20-14;/h1-3,8-10,14-15,20H,4-7,11H2;1H. The van der Waals surface area contributed by atoms with Crippen LogP contribution in [0.15, 0.2) is 36.7 Å². The van der Waals surface area contributed by atoms with Crippen LogP contribution < -0.4 is 5.32 Å². The number of aromatic nitrogens is 2. The average molecular weight is 367 g/mol. The molecule has 2 fully saturated rings. The van der Waals surface area contributed by atoms with E-state index in [4.69, 9.17) is 11.6 Å². The highest BCUT2D eigenvalue weighted by Crippen LogP contribution is 2.22. The molecule has 2 unspecified atom stereocenters. The zero-order chi connectivity index (χ0) is 15.8. The highest BCUT2D eigenvalue weighted by Gasteiger charge is 2.31. The van der Waals surface area contributed by atoms with E-state index >= 15 is 0 Å². The lowest BCUT2D eigenvalue weighted by molar-refractivity contribution is 0.0748. The Morgan fingerprint density at radius 1 is 1.25 bits per heavy atom. The van der Waals surface area contributed by atoms with Crippen LogP contribution in [0, 0.1) is 0 Å². The van der Waals surface area contributed by atoms with Crippen molar-refractivity contribution < 1.29 is 4.79 Å². The van der Waals surface area contributed by atoms with Crippen molar-refractivity contribution in [1.29, 1.82) is 0 Å². The van der Waals surface area contributed by atoms with Gasteiger partial charge in [0.05, 0.1) is 17.4 Å². The first-order valence-electron chi connectivity index (χ1n) is 8.05. The van der Waals surface area contributed by atoms with Gasteiger partial charge in [-0.05, 0) is 37.5 Å². The predicted molar refractivity (Wildman–Crippen MR) is 96.3 cm³/mol. The molecule has 2 atom stereocenters. The van der Waals surface area contributed by atoms with Crippen LogP contribution in [0.5, 0.6) is 0 Å². The monoisotopic (exact) mass is 366 g/mol. The number of hydrogen-bond acceptors (Lipinski definition) is 3. The summed E-state index contributed by atoms with van der Waals surface area (Å²) in [6, 6.07) is 8.46. The molecule has 1 N–H and O–H groups in total. The minimum absolute atomic E-state index is 0. The summed E-state index contributed by atoms with van der Waals surface area (Å²) < 4.78 is 1.70. The summed E-state index contributed by atoms with van der Waals surface area (Å²) in [5.41, 5.74) is 1.48. The van der Waals surface area contributed by atoms with Crippen LogP contribution in [0.3, 0.4) is 0 Å². The van der Waals surface area contributed by atoms with Crippen LogP contribution >= 0.6 is 24.0 Å². The summed E-state index contributed by atoms with van der Waals surface area (Å²) in [6.07, 6.45) is 6.85. The van der Waals surface area contributed by atoms with Gasteiger partial charge >= 0.3 is 0 Å². The molecule has 2 saturated heterocycles. The number of halogens is 2. The van der Waals surface area contributed by atoms with Gasteiger partial charge in [-0.3, -0.25) is 4.79 Å². The number of amides is 1. The van der Waals surface area contributed by atoms with E-state index in [2.05, 4.69) is 10.4 Å². The van der Waals surface area contributed by atoms with Crippen molar-refractivity contribution in [2.75, 3.05) is 13.1 Å². The van der Waals surface area contributed by atoms with E-state index in [9.17, 15) is 4.79 Å². The van der Waals surface area contributed by atoms with Gasteiger partial charge in [0.15, 0.2) is 0 Å². The van der Waals surface area contributed by atoms with Crippen molar-refractivity contribution in [2.45, 2.75) is 31.3 Å². The summed E-state index contributed by atoms with van der Waals surface area (Å²) in [7, 11) is 0. The minimum Gasteiger partial charge on any atom is -0.337 e. The Morgan fingerprint density at radius 2 is 2.08 bits per heavy atom. The normalized spacial score (nSPS) is 22.8. The van der Waals surface area contributed by atoms with E-state index in [-0.39, 0.29) is 18.3 Å². The maximum atomic E-state index is 12.8. The summed E-state index contributed by atoms with van der Waals surface area (Å²) in [5.74, 6) is 0.0626. The van der Waals surface area contributed by atoms with Crippen molar-refractivity contribution >= 4 is 29.9 Å². The van der Waals surface area contributed by atoms with Gasteiger partial charge in [0.25, 0.3) is 5.91 Å². The summed E-state index contributed by atoms with van der Waals surface area (Å²) in [6.45, 7) is 1.60. The second-order valence-electron chi connectivity index (χ2n) is 6.33. The second-order valence-corrected chi connectivity index (χ2v) is 6.77. The van der Waals surface area contributed by atoms with E-state index in [1.807, 2.05) is 29.2 Å². The first-order valence-corrected chi connectivity index (χ1v) is 8.43. The Hall–Kier alpha value is -1.56. The first-order chi connectivity index (χ1) is 11.2. The Labute approximate surface area is 152 Å². The molecule has 0 radical (unpaired) electrons. The third-order valence-corrected chi connectivity index (χ3v) is 4.95. The van der Waals surface area contributed by atoms with Crippen molar-refractivity contribution in [1.82, 2.24) is 20.0 Å². The molecule has 3 heterocycles. The number of fused-ring (bicyclic) bond motifs is 2. The molecule has 5 nitrogen and oxygen atoms in total. The molecule has 128 valence electrons. The average Bonchev–Trinajstić information content (AvgIpc) is 3.13. The molecule has 1 amide bonds. The number of benzene rings is 1. The van der Waals surface area contributed by atoms with Crippen LogP contribution in [0.4, 0.5) is 0 Å². The molecule has 2 aliphatic rings. The fourth-order valence-corrected chi connectivity index (χ4v) is 3.69. The first kappa shape index (κ1) is 17.3. The van der Waals surface area contributed by atoms with Crippen molar-refractivity contribution in [3.05, 3.63) is 47.2 Å². The van der Waals surface area contributed by atoms with Crippen LogP contribution in [-0.4, -0.2) is 45.8 Å². The molecule has 0 spiro atoms. The zero-order valence-electron chi connectivity index (χ0n) is 13.2. The predicted octanol–water partition coefficient (Wildman–Crippen LogP) is 2.91. The van der Waals surface area contributed by atoms with Crippen LogP contribution in [0.1, 0.15) is 29.6 Å². The third kappa shape index (κ3) is 3.43. The van der Waals surface area contributed by atoms with Crippen molar-refractivity contribution in [3.8, 4) is 5.69 Å². The highest BCUT2D eigenvalue weighted by molar-refractivity contribution is 6.30. The molecule has 4 rings (SSSR count). The lowest BCUT2D eigenvalue weighted by Gasteiger charge is -2.23. The SMILES string of the molecule is Cl.O=C(c1cnn(-c2cccc(Cl)c2)c1)N1CCC2CCC(C1)N2. The molecule has 2 bridgehead atoms. The van der Waals surface area contributed by atoms with Crippen LogP contribution in [-0.2, 0) is 0 Å². The molecule has 0 saturated carbocycles. The van der Waals surface area contributed by atoms with Crippen LogP contribution in [0.25, 0.3) is 5.69 Å².